The van der Waals surface area contributed by atoms with Gasteiger partial charge in [-0.15, -0.1) is 0 Å². The fourth-order valence-corrected chi connectivity index (χ4v) is 14.8. The summed E-state index contributed by atoms with van der Waals surface area (Å²) in [6.45, 7) is 0. The van der Waals surface area contributed by atoms with E-state index >= 15 is 0 Å². The van der Waals surface area contributed by atoms with E-state index in [1.54, 1.807) is 0 Å². The second-order valence-electron chi connectivity index (χ2n) is 21.0. The fraction of sp³-hybridized carbons (Fsp3) is 0.0270. The van der Waals surface area contributed by atoms with E-state index in [4.69, 9.17) is 0 Å². The topological polar surface area (TPSA) is 3.24 Å². The number of anilines is 3. The van der Waals surface area contributed by atoms with Gasteiger partial charge in [0, 0.05) is 17.1 Å². The van der Waals surface area contributed by atoms with Gasteiger partial charge in [0.2, 0.25) is 0 Å². The Morgan fingerprint density at radius 1 is 0.187 bits per heavy atom. The zero-order valence-electron chi connectivity index (χ0n) is 40.9. The van der Waals surface area contributed by atoms with Crippen LogP contribution in [0.2, 0.25) is 0 Å². The maximum Gasteiger partial charge on any atom is 0.0726 e. The molecule has 4 aliphatic rings. The Kier molecular flexibility index (Phi) is 8.20. The molecule has 0 saturated carbocycles. The summed E-state index contributed by atoms with van der Waals surface area (Å²) in [5.74, 6) is 0. The van der Waals surface area contributed by atoms with E-state index in [1.165, 1.54) is 132 Å². The maximum absolute atomic E-state index is 2.51. The van der Waals surface area contributed by atoms with Crippen LogP contribution < -0.4 is 4.90 Å². The number of fused-ring (bicyclic) bond motifs is 26. The van der Waals surface area contributed by atoms with Gasteiger partial charge in [0.1, 0.15) is 0 Å². The number of rotatable bonds is 4. The lowest BCUT2D eigenvalue weighted by Crippen LogP contribution is -2.26. The molecule has 0 amide bonds. The summed E-state index contributed by atoms with van der Waals surface area (Å²) in [5.41, 5.74) is 26.1. The fourth-order valence-electron chi connectivity index (χ4n) is 14.8. The third kappa shape index (κ3) is 5.22. The van der Waals surface area contributed by atoms with Crippen molar-refractivity contribution in [1.29, 1.82) is 0 Å². The smallest absolute Gasteiger partial charge is 0.0726 e. The summed E-state index contributed by atoms with van der Waals surface area (Å²) >= 11 is 0. The van der Waals surface area contributed by atoms with Crippen LogP contribution in [-0.4, -0.2) is 0 Å². The summed E-state index contributed by atoms with van der Waals surface area (Å²) < 4.78 is 0. The summed E-state index contributed by atoms with van der Waals surface area (Å²) in [6.07, 6.45) is 0. The van der Waals surface area contributed by atoms with Crippen LogP contribution in [0.25, 0.3) is 88.0 Å². The highest BCUT2D eigenvalue weighted by Gasteiger charge is 2.53. The molecule has 346 valence electrons. The van der Waals surface area contributed by atoms with E-state index in [-0.39, 0.29) is 0 Å². The van der Waals surface area contributed by atoms with E-state index < -0.39 is 10.8 Å². The standard InChI is InChI=1S/C74H45N/c1-2-19-53-51(17-1)52-18-3-4-20-54(52)64-44-49(38-41-55(53)64)75(50-39-42-63-61-26-10-16-32-70(61)74(72(63)45-50)67-29-13-7-23-58(67)59-24-8-14-30-68(59)74)48-36-33-46(34-37-48)47-35-40-62-60-25-9-15-31-69(60)73(71(62)43-47)65-27-11-5-21-56(65)57-22-6-12-28-66(57)73/h1-45H. The van der Waals surface area contributed by atoms with Gasteiger partial charge in [0.15, 0.2) is 0 Å². The van der Waals surface area contributed by atoms with Crippen LogP contribution in [0.15, 0.2) is 273 Å². The van der Waals surface area contributed by atoms with Crippen LogP contribution in [0.4, 0.5) is 17.1 Å². The first-order valence-corrected chi connectivity index (χ1v) is 26.3. The Bertz CT molecular complexity index is 4450. The summed E-state index contributed by atoms with van der Waals surface area (Å²) in [4.78, 5) is 2.50. The van der Waals surface area contributed by atoms with Gasteiger partial charge in [-0.2, -0.15) is 0 Å². The molecule has 0 aromatic heterocycles. The van der Waals surface area contributed by atoms with Crippen molar-refractivity contribution in [2.75, 3.05) is 4.90 Å². The Hall–Kier alpha value is -9.56. The molecule has 0 atom stereocenters. The van der Waals surface area contributed by atoms with Crippen LogP contribution >= 0.6 is 0 Å². The van der Waals surface area contributed by atoms with Gasteiger partial charge >= 0.3 is 0 Å². The number of hydrogen-bond donors (Lipinski definition) is 0. The van der Waals surface area contributed by atoms with Gasteiger partial charge in [0.25, 0.3) is 0 Å². The molecule has 13 aromatic rings. The molecule has 0 N–H and O–H groups in total. The van der Waals surface area contributed by atoms with Gasteiger partial charge in [0.05, 0.1) is 10.8 Å². The van der Waals surface area contributed by atoms with E-state index in [0.717, 1.165) is 17.1 Å². The van der Waals surface area contributed by atoms with E-state index in [2.05, 4.69) is 278 Å². The van der Waals surface area contributed by atoms with Gasteiger partial charge < -0.3 is 4.90 Å². The SMILES string of the molecule is c1ccc2c(c1)-c1ccccc1C21c2ccccc2-c2ccc(-c3ccc(N(c4ccc5c(c4)C4(c6ccccc6-c6ccccc64)c4ccccc4-5)c4ccc5c6ccccc6c6ccccc6c5c4)cc3)cc21. The first kappa shape index (κ1) is 41.0. The first-order valence-electron chi connectivity index (χ1n) is 26.3. The molecule has 0 radical (unpaired) electrons. The summed E-state index contributed by atoms with van der Waals surface area (Å²) in [5, 5.41) is 7.59. The molecule has 75 heavy (non-hydrogen) atoms. The van der Waals surface area contributed by atoms with Crippen molar-refractivity contribution in [2.24, 2.45) is 0 Å². The van der Waals surface area contributed by atoms with Gasteiger partial charge in [-0.05, 0) is 175 Å². The van der Waals surface area contributed by atoms with Gasteiger partial charge in [-0.1, -0.05) is 231 Å². The van der Waals surface area contributed by atoms with Crippen molar-refractivity contribution in [3.05, 3.63) is 317 Å². The third-order valence-corrected chi connectivity index (χ3v) is 17.7. The number of nitrogens with zero attached hydrogens (tertiary/aromatic N) is 1. The molecule has 0 heterocycles. The Balaban J connectivity index is 0.872. The molecule has 0 fully saturated rings. The minimum atomic E-state index is -0.464. The number of benzene rings is 13. The monoisotopic (exact) mass is 947 g/mol. The lowest BCUT2D eigenvalue weighted by atomic mass is 9.70. The minimum absolute atomic E-state index is 0.400. The van der Waals surface area contributed by atoms with Crippen molar-refractivity contribution in [2.45, 2.75) is 10.8 Å². The second-order valence-corrected chi connectivity index (χ2v) is 21.0. The molecule has 0 bridgehead atoms. The number of hydrogen-bond acceptors (Lipinski definition) is 1. The Labute approximate surface area is 435 Å². The van der Waals surface area contributed by atoms with Crippen LogP contribution in [0.1, 0.15) is 44.5 Å². The molecular formula is C74H45N. The molecule has 0 saturated heterocycles. The Morgan fingerprint density at radius 2 is 0.480 bits per heavy atom. The zero-order chi connectivity index (χ0) is 49.0. The highest BCUT2D eigenvalue weighted by molar-refractivity contribution is 6.26. The van der Waals surface area contributed by atoms with Crippen molar-refractivity contribution in [3.8, 4) is 55.6 Å². The van der Waals surface area contributed by atoms with Crippen LogP contribution in [-0.2, 0) is 10.8 Å². The molecule has 13 aromatic carbocycles. The Morgan fingerprint density at radius 3 is 0.920 bits per heavy atom. The summed E-state index contributed by atoms with van der Waals surface area (Å²) in [6, 6.07) is 103. The van der Waals surface area contributed by atoms with Crippen molar-refractivity contribution < 1.29 is 0 Å². The molecular weight excluding hydrogens is 903 g/mol. The predicted molar refractivity (Wildman–Crippen MR) is 312 cm³/mol. The van der Waals surface area contributed by atoms with Crippen molar-refractivity contribution in [3.63, 3.8) is 0 Å². The van der Waals surface area contributed by atoms with E-state index in [0.29, 0.717) is 0 Å². The minimum Gasteiger partial charge on any atom is -0.310 e. The quantitative estimate of drug-likeness (QED) is 0.159. The molecule has 17 rings (SSSR count). The first-order chi connectivity index (χ1) is 37.2. The molecule has 0 aliphatic heterocycles. The van der Waals surface area contributed by atoms with Crippen LogP contribution in [0.5, 0.6) is 0 Å². The van der Waals surface area contributed by atoms with E-state index in [9.17, 15) is 0 Å². The zero-order valence-corrected chi connectivity index (χ0v) is 40.9. The molecule has 2 spiro atoms. The lowest BCUT2D eigenvalue weighted by Gasteiger charge is -2.32. The van der Waals surface area contributed by atoms with Crippen LogP contribution in [0, 0.1) is 0 Å². The maximum atomic E-state index is 2.51. The average Bonchev–Trinajstić information content (AvgIpc) is 4.18. The van der Waals surface area contributed by atoms with Gasteiger partial charge in [-0.25, -0.2) is 0 Å². The van der Waals surface area contributed by atoms with Crippen molar-refractivity contribution in [1.82, 2.24) is 0 Å². The lowest BCUT2D eigenvalue weighted by molar-refractivity contribution is 0.793. The van der Waals surface area contributed by atoms with Crippen LogP contribution in [0.3, 0.4) is 0 Å². The highest BCUT2D eigenvalue weighted by Crippen LogP contribution is 2.65. The molecule has 4 aliphatic carbocycles. The predicted octanol–water partition coefficient (Wildman–Crippen LogP) is 19.0. The summed E-state index contributed by atoms with van der Waals surface area (Å²) in [7, 11) is 0. The van der Waals surface area contributed by atoms with Crippen molar-refractivity contribution >= 4 is 49.4 Å². The highest BCUT2D eigenvalue weighted by atomic mass is 15.1. The largest absolute Gasteiger partial charge is 0.310 e. The second kappa shape index (κ2) is 15.0. The molecule has 1 heteroatoms. The van der Waals surface area contributed by atoms with Gasteiger partial charge in [-0.3, -0.25) is 0 Å². The molecule has 0 unspecified atom stereocenters. The van der Waals surface area contributed by atoms with E-state index in [1.807, 2.05) is 0 Å². The third-order valence-electron chi connectivity index (χ3n) is 17.7. The average molecular weight is 948 g/mol. The molecule has 1 nitrogen and oxygen atoms in total. The normalized spacial score (nSPS) is 14.1.